The molecule has 0 aromatic heterocycles. The van der Waals surface area contributed by atoms with Crippen LogP contribution >= 0.6 is 0 Å². The maximum absolute atomic E-state index is 13.3. The standard InChI is InChI=1S/C10H12F2N2O2S/c11-8-2-1-3-9(10(8)12)14-17(15,16)7-4-5-13-6-7/h1-3,7,13-14H,4-6H2. The van der Waals surface area contributed by atoms with Crippen LogP contribution in [0.4, 0.5) is 14.5 Å². The van der Waals surface area contributed by atoms with Gasteiger partial charge in [-0.15, -0.1) is 0 Å². The van der Waals surface area contributed by atoms with Gasteiger partial charge in [-0.25, -0.2) is 17.2 Å². The summed E-state index contributed by atoms with van der Waals surface area (Å²) in [4.78, 5) is 0. The Morgan fingerprint density at radius 3 is 2.76 bits per heavy atom. The van der Waals surface area contributed by atoms with Gasteiger partial charge < -0.3 is 5.32 Å². The van der Waals surface area contributed by atoms with Gasteiger partial charge in [0.05, 0.1) is 10.9 Å². The van der Waals surface area contributed by atoms with Crippen molar-refractivity contribution in [2.45, 2.75) is 11.7 Å². The van der Waals surface area contributed by atoms with Crippen molar-refractivity contribution in [3.63, 3.8) is 0 Å². The van der Waals surface area contributed by atoms with E-state index in [1.165, 1.54) is 12.1 Å². The summed E-state index contributed by atoms with van der Waals surface area (Å²) in [7, 11) is -3.67. The molecule has 4 nitrogen and oxygen atoms in total. The number of nitrogens with one attached hydrogen (secondary N) is 2. The second-order valence-corrected chi connectivity index (χ2v) is 5.82. The van der Waals surface area contributed by atoms with Gasteiger partial charge in [-0.3, -0.25) is 4.72 Å². The predicted molar refractivity (Wildman–Crippen MR) is 60.2 cm³/mol. The molecule has 17 heavy (non-hydrogen) atoms. The number of sulfonamides is 1. The first-order chi connectivity index (χ1) is 8.00. The van der Waals surface area contributed by atoms with Crippen LogP contribution in [0.5, 0.6) is 0 Å². The normalized spacial score (nSPS) is 20.5. The monoisotopic (exact) mass is 262 g/mol. The highest BCUT2D eigenvalue weighted by Crippen LogP contribution is 2.20. The van der Waals surface area contributed by atoms with Gasteiger partial charge in [0.25, 0.3) is 0 Å². The van der Waals surface area contributed by atoms with Gasteiger partial charge in [-0.05, 0) is 25.1 Å². The second kappa shape index (κ2) is 4.58. The van der Waals surface area contributed by atoms with Crippen LogP contribution in [0.15, 0.2) is 18.2 Å². The maximum Gasteiger partial charge on any atom is 0.237 e. The molecule has 1 aliphatic heterocycles. The molecule has 7 heteroatoms. The van der Waals surface area contributed by atoms with E-state index in [4.69, 9.17) is 0 Å². The molecule has 1 atom stereocenters. The van der Waals surface area contributed by atoms with E-state index in [2.05, 4.69) is 10.0 Å². The molecule has 1 heterocycles. The van der Waals surface area contributed by atoms with E-state index in [0.29, 0.717) is 19.5 Å². The quantitative estimate of drug-likeness (QED) is 0.856. The molecule has 0 radical (unpaired) electrons. The zero-order chi connectivity index (χ0) is 12.5. The molecule has 1 aliphatic rings. The largest absolute Gasteiger partial charge is 0.315 e. The van der Waals surface area contributed by atoms with E-state index in [1.807, 2.05) is 0 Å². The molecule has 2 rings (SSSR count). The summed E-state index contributed by atoms with van der Waals surface area (Å²) in [6.45, 7) is 0.934. The van der Waals surface area contributed by atoms with Crippen LogP contribution in [-0.2, 0) is 10.0 Å². The first-order valence-electron chi connectivity index (χ1n) is 5.17. The molecule has 94 valence electrons. The van der Waals surface area contributed by atoms with Crippen molar-refractivity contribution >= 4 is 15.7 Å². The van der Waals surface area contributed by atoms with Gasteiger partial charge in [-0.2, -0.15) is 0 Å². The fraction of sp³-hybridized carbons (Fsp3) is 0.400. The fourth-order valence-corrected chi connectivity index (χ4v) is 3.11. The highest BCUT2D eigenvalue weighted by atomic mass is 32.2. The molecule has 0 amide bonds. The predicted octanol–water partition coefficient (Wildman–Crippen LogP) is 1.07. The minimum atomic E-state index is -3.67. The average Bonchev–Trinajstić information content (AvgIpc) is 2.78. The van der Waals surface area contributed by atoms with Crippen molar-refractivity contribution < 1.29 is 17.2 Å². The molecular weight excluding hydrogens is 250 g/mol. The average molecular weight is 262 g/mol. The van der Waals surface area contributed by atoms with Crippen molar-refractivity contribution in [1.29, 1.82) is 0 Å². The van der Waals surface area contributed by atoms with Crippen LogP contribution in [0.1, 0.15) is 6.42 Å². The Bertz CT molecular complexity index is 513. The van der Waals surface area contributed by atoms with E-state index in [9.17, 15) is 17.2 Å². The Morgan fingerprint density at radius 1 is 1.35 bits per heavy atom. The Balaban J connectivity index is 2.23. The highest BCUT2D eigenvalue weighted by molar-refractivity contribution is 7.93. The molecule has 1 aromatic rings. The molecule has 1 unspecified atom stereocenters. The van der Waals surface area contributed by atoms with E-state index in [0.717, 1.165) is 6.07 Å². The third-order valence-corrected chi connectivity index (χ3v) is 4.44. The Labute approximate surface area is 98.1 Å². The lowest BCUT2D eigenvalue weighted by molar-refractivity contribution is 0.511. The van der Waals surface area contributed by atoms with Crippen molar-refractivity contribution in [3.8, 4) is 0 Å². The Morgan fingerprint density at radius 2 is 2.12 bits per heavy atom. The summed E-state index contributed by atoms with van der Waals surface area (Å²) >= 11 is 0. The molecule has 0 saturated carbocycles. The topological polar surface area (TPSA) is 58.2 Å². The van der Waals surface area contributed by atoms with Crippen molar-refractivity contribution in [1.82, 2.24) is 5.32 Å². The molecule has 0 aliphatic carbocycles. The molecule has 1 aromatic carbocycles. The van der Waals surface area contributed by atoms with Crippen LogP contribution in [0, 0.1) is 11.6 Å². The SMILES string of the molecule is O=S(=O)(Nc1cccc(F)c1F)C1CCNC1. The van der Waals surface area contributed by atoms with Gasteiger partial charge in [0.1, 0.15) is 0 Å². The zero-order valence-electron chi connectivity index (χ0n) is 8.91. The molecule has 1 fully saturated rings. The van der Waals surface area contributed by atoms with Gasteiger partial charge in [0.15, 0.2) is 11.6 Å². The number of rotatable bonds is 3. The highest BCUT2D eigenvalue weighted by Gasteiger charge is 2.29. The first-order valence-corrected chi connectivity index (χ1v) is 6.72. The number of anilines is 1. The molecule has 0 spiro atoms. The lowest BCUT2D eigenvalue weighted by Crippen LogP contribution is -2.30. The lowest BCUT2D eigenvalue weighted by atomic mass is 10.3. The van der Waals surface area contributed by atoms with Crippen LogP contribution in [0.2, 0.25) is 0 Å². The van der Waals surface area contributed by atoms with Gasteiger partial charge >= 0.3 is 0 Å². The summed E-state index contributed by atoms with van der Waals surface area (Å²) in [5, 5.41) is 2.30. The third kappa shape index (κ3) is 2.55. The van der Waals surface area contributed by atoms with Crippen LogP contribution < -0.4 is 10.0 Å². The number of hydrogen-bond acceptors (Lipinski definition) is 3. The number of hydrogen-bond donors (Lipinski definition) is 2. The maximum atomic E-state index is 13.3. The van der Waals surface area contributed by atoms with Crippen LogP contribution in [0.25, 0.3) is 0 Å². The number of benzene rings is 1. The van der Waals surface area contributed by atoms with Gasteiger partial charge in [0, 0.05) is 6.54 Å². The second-order valence-electron chi connectivity index (χ2n) is 3.86. The smallest absolute Gasteiger partial charge is 0.237 e. The first kappa shape index (κ1) is 12.3. The zero-order valence-corrected chi connectivity index (χ0v) is 9.73. The molecule has 0 bridgehead atoms. The summed E-state index contributed by atoms with van der Waals surface area (Å²) in [6, 6.07) is 3.38. The van der Waals surface area contributed by atoms with E-state index >= 15 is 0 Å². The summed E-state index contributed by atoms with van der Waals surface area (Å²) in [5.41, 5.74) is -0.350. The van der Waals surface area contributed by atoms with E-state index in [1.54, 1.807) is 0 Å². The van der Waals surface area contributed by atoms with E-state index < -0.39 is 26.9 Å². The van der Waals surface area contributed by atoms with Crippen LogP contribution in [0.3, 0.4) is 0 Å². The Kier molecular flexibility index (Phi) is 3.30. The van der Waals surface area contributed by atoms with Crippen molar-refractivity contribution in [2.75, 3.05) is 17.8 Å². The van der Waals surface area contributed by atoms with Crippen molar-refractivity contribution in [2.24, 2.45) is 0 Å². The molecule has 1 saturated heterocycles. The van der Waals surface area contributed by atoms with Gasteiger partial charge in [0.2, 0.25) is 10.0 Å². The van der Waals surface area contributed by atoms with Crippen molar-refractivity contribution in [3.05, 3.63) is 29.8 Å². The Hall–Kier alpha value is -1.21. The third-order valence-electron chi connectivity index (χ3n) is 2.66. The minimum absolute atomic E-state index is 0.326. The minimum Gasteiger partial charge on any atom is -0.315 e. The van der Waals surface area contributed by atoms with E-state index in [-0.39, 0.29) is 5.69 Å². The molecule has 2 N–H and O–H groups in total. The van der Waals surface area contributed by atoms with Gasteiger partial charge in [-0.1, -0.05) is 6.07 Å². The molecular formula is C10H12F2N2O2S. The summed E-state index contributed by atoms with van der Waals surface area (Å²) < 4.78 is 51.9. The van der Waals surface area contributed by atoms with Crippen LogP contribution in [-0.4, -0.2) is 26.8 Å². The fourth-order valence-electron chi connectivity index (χ4n) is 1.71. The summed E-state index contributed by atoms with van der Waals surface area (Å²) in [5.74, 6) is -2.25. The lowest BCUT2D eigenvalue weighted by Gasteiger charge is -2.13. The number of halogens is 2. The summed E-state index contributed by atoms with van der Waals surface area (Å²) in [6.07, 6.45) is 0.465.